The second kappa shape index (κ2) is 15.1. The predicted octanol–water partition coefficient (Wildman–Crippen LogP) is 0.604. The molecular weight excluding hydrogens is 368 g/mol. The van der Waals surface area contributed by atoms with E-state index in [-0.39, 0.29) is 38.4 Å². The van der Waals surface area contributed by atoms with Gasteiger partial charge in [-0.25, -0.2) is 19.2 Å². The second-order valence-electron chi connectivity index (χ2n) is 5.90. The zero-order valence-corrected chi connectivity index (χ0v) is 16.5. The van der Waals surface area contributed by atoms with Crippen molar-refractivity contribution in [3.63, 3.8) is 0 Å². The monoisotopic (exact) mass is 398 g/mol. The van der Waals surface area contributed by atoms with Crippen LogP contribution in [0.25, 0.3) is 0 Å². The Morgan fingerprint density at radius 3 is 1.29 bits per heavy atom. The molecule has 10 nitrogen and oxygen atoms in total. The van der Waals surface area contributed by atoms with Gasteiger partial charge < -0.3 is 30.7 Å². The zero-order valence-electron chi connectivity index (χ0n) is 16.5. The molecule has 0 atom stereocenters. The van der Waals surface area contributed by atoms with E-state index in [0.29, 0.717) is 37.1 Å². The molecule has 4 amide bonds. The van der Waals surface area contributed by atoms with E-state index in [4.69, 9.17) is 9.47 Å². The normalized spacial score (nSPS) is 9.64. The van der Waals surface area contributed by atoms with Gasteiger partial charge >= 0.3 is 24.0 Å². The highest BCUT2D eigenvalue weighted by Crippen LogP contribution is 1.91. The quantitative estimate of drug-likeness (QED) is 0.204. The van der Waals surface area contributed by atoms with Crippen LogP contribution in [0.4, 0.5) is 9.59 Å². The summed E-state index contributed by atoms with van der Waals surface area (Å²) in [4.78, 5) is 45.2. The number of esters is 2. The zero-order chi connectivity index (χ0) is 21.4. The molecule has 0 aromatic heterocycles. The lowest BCUT2D eigenvalue weighted by atomic mass is 10.3. The fourth-order valence-corrected chi connectivity index (χ4v) is 1.64. The van der Waals surface area contributed by atoms with Crippen molar-refractivity contribution in [2.24, 2.45) is 0 Å². The van der Waals surface area contributed by atoms with E-state index in [1.807, 2.05) is 0 Å². The summed E-state index contributed by atoms with van der Waals surface area (Å²) in [6, 6.07) is -0.720. The third-order valence-corrected chi connectivity index (χ3v) is 3.11. The Hall–Kier alpha value is -3.04. The number of nitrogens with one attached hydrogen (secondary N) is 4. The lowest BCUT2D eigenvalue weighted by Gasteiger charge is -2.09. The highest BCUT2D eigenvalue weighted by Gasteiger charge is 2.05. The molecule has 10 heteroatoms. The Morgan fingerprint density at radius 2 is 0.964 bits per heavy atom. The van der Waals surface area contributed by atoms with Crippen molar-refractivity contribution in [3.8, 4) is 0 Å². The van der Waals surface area contributed by atoms with Crippen molar-refractivity contribution in [2.45, 2.75) is 26.7 Å². The van der Waals surface area contributed by atoms with Crippen LogP contribution in [0.2, 0.25) is 0 Å². The summed E-state index contributed by atoms with van der Waals surface area (Å²) < 4.78 is 9.67. The van der Waals surface area contributed by atoms with Crippen LogP contribution in [-0.2, 0) is 19.1 Å². The first-order valence-corrected chi connectivity index (χ1v) is 8.92. The van der Waals surface area contributed by atoms with Gasteiger partial charge in [0.05, 0.1) is 13.1 Å². The molecule has 0 aromatic rings. The van der Waals surface area contributed by atoms with Crippen molar-refractivity contribution in [3.05, 3.63) is 24.3 Å². The predicted molar refractivity (Wildman–Crippen MR) is 104 cm³/mol. The number of ether oxygens (including phenoxy) is 2. The van der Waals surface area contributed by atoms with E-state index in [1.54, 1.807) is 13.8 Å². The van der Waals surface area contributed by atoms with Gasteiger partial charge in [0.15, 0.2) is 0 Å². The molecule has 0 saturated heterocycles. The van der Waals surface area contributed by atoms with Gasteiger partial charge in [-0.3, -0.25) is 0 Å². The van der Waals surface area contributed by atoms with Crippen LogP contribution in [0.3, 0.4) is 0 Å². The number of hydrogen-bond donors (Lipinski definition) is 4. The van der Waals surface area contributed by atoms with Crippen LogP contribution >= 0.6 is 0 Å². The summed E-state index contributed by atoms with van der Waals surface area (Å²) >= 11 is 0. The third kappa shape index (κ3) is 14.2. The van der Waals surface area contributed by atoms with Gasteiger partial charge in [-0.05, 0) is 26.7 Å². The van der Waals surface area contributed by atoms with Gasteiger partial charge in [-0.15, -0.1) is 0 Å². The maximum absolute atomic E-state index is 11.5. The van der Waals surface area contributed by atoms with Crippen LogP contribution in [0.1, 0.15) is 26.7 Å². The first kappa shape index (κ1) is 25.0. The molecule has 0 rings (SSSR count). The molecule has 0 saturated carbocycles. The van der Waals surface area contributed by atoms with Crippen LogP contribution in [-0.4, -0.2) is 63.4 Å². The maximum Gasteiger partial charge on any atom is 0.333 e. The number of urea groups is 2. The third-order valence-electron chi connectivity index (χ3n) is 3.11. The summed E-state index contributed by atoms with van der Waals surface area (Å²) in [5, 5.41) is 10.4. The van der Waals surface area contributed by atoms with Gasteiger partial charge in [-0.1, -0.05) is 13.2 Å². The Labute approximate surface area is 165 Å². The molecule has 158 valence electrons. The minimum Gasteiger partial charge on any atom is -0.460 e. The largest absolute Gasteiger partial charge is 0.460 e. The van der Waals surface area contributed by atoms with Crippen LogP contribution in [0.15, 0.2) is 24.3 Å². The lowest BCUT2D eigenvalue weighted by molar-refractivity contribution is -0.139. The molecule has 0 aliphatic carbocycles. The average molecular weight is 398 g/mol. The molecule has 0 fully saturated rings. The fraction of sp³-hybridized carbons (Fsp3) is 0.556. The topological polar surface area (TPSA) is 135 Å². The van der Waals surface area contributed by atoms with Crippen molar-refractivity contribution < 1.29 is 28.7 Å². The van der Waals surface area contributed by atoms with Gasteiger partial charge in [0.2, 0.25) is 0 Å². The highest BCUT2D eigenvalue weighted by atomic mass is 16.5. The van der Waals surface area contributed by atoms with E-state index >= 15 is 0 Å². The Balaban J connectivity index is 3.50. The van der Waals surface area contributed by atoms with Crippen LogP contribution < -0.4 is 21.3 Å². The molecule has 0 aromatic carbocycles. The minimum atomic E-state index is -0.494. The summed E-state index contributed by atoms with van der Waals surface area (Å²) in [7, 11) is 0. The van der Waals surface area contributed by atoms with Gasteiger partial charge in [0, 0.05) is 24.2 Å². The van der Waals surface area contributed by atoms with Crippen LogP contribution in [0.5, 0.6) is 0 Å². The lowest BCUT2D eigenvalue weighted by Crippen LogP contribution is -2.39. The van der Waals surface area contributed by atoms with Crippen molar-refractivity contribution in [2.75, 3.05) is 39.4 Å². The molecule has 0 unspecified atom stereocenters. The molecular formula is C18H30N4O6. The first-order chi connectivity index (χ1) is 13.2. The molecule has 28 heavy (non-hydrogen) atoms. The number of carbonyl (C=O) groups is 4. The SMILES string of the molecule is C=C(C)C(=O)OCCNC(=O)NCCCCNC(=O)NCCOC(=O)C(=C)C. The fourth-order valence-electron chi connectivity index (χ4n) is 1.64. The maximum atomic E-state index is 11.5. The van der Waals surface area contributed by atoms with E-state index in [2.05, 4.69) is 34.4 Å². The second-order valence-corrected chi connectivity index (χ2v) is 5.90. The smallest absolute Gasteiger partial charge is 0.333 e. The van der Waals surface area contributed by atoms with Crippen molar-refractivity contribution >= 4 is 24.0 Å². The molecule has 0 aliphatic rings. The molecule has 0 spiro atoms. The van der Waals surface area contributed by atoms with Gasteiger partial charge in [-0.2, -0.15) is 0 Å². The standard InChI is InChI=1S/C18H30N4O6/c1-13(2)15(23)27-11-9-21-17(25)19-7-5-6-8-20-18(26)22-10-12-28-16(24)14(3)4/h1,3,5-12H2,2,4H3,(H2,19,21,25)(H2,20,22,26). The van der Waals surface area contributed by atoms with Crippen LogP contribution in [0, 0.1) is 0 Å². The molecule has 0 radical (unpaired) electrons. The average Bonchev–Trinajstić information content (AvgIpc) is 2.64. The Bertz CT molecular complexity index is 526. The number of rotatable bonds is 13. The first-order valence-electron chi connectivity index (χ1n) is 8.92. The van der Waals surface area contributed by atoms with Crippen molar-refractivity contribution in [1.82, 2.24) is 21.3 Å². The highest BCUT2D eigenvalue weighted by molar-refractivity contribution is 5.87. The minimum absolute atomic E-state index is 0.0740. The number of unbranched alkanes of at least 4 members (excludes halogenated alkanes) is 1. The number of hydrogen-bond acceptors (Lipinski definition) is 6. The Kier molecular flexibility index (Phi) is 13.4. The molecule has 4 N–H and O–H groups in total. The van der Waals surface area contributed by atoms with E-state index in [0.717, 1.165) is 0 Å². The molecule has 0 aliphatic heterocycles. The number of carbonyl (C=O) groups excluding carboxylic acids is 4. The van der Waals surface area contributed by atoms with Gasteiger partial charge in [0.25, 0.3) is 0 Å². The van der Waals surface area contributed by atoms with Crippen molar-refractivity contribution in [1.29, 1.82) is 0 Å². The Morgan fingerprint density at radius 1 is 0.643 bits per heavy atom. The van der Waals surface area contributed by atoms with E-state index < -0.39 is 11.9 Å². The van der Waals surface area contributed by atoms with E-state index in [9.17, 15) is 19.2 Å². The molecule has 0 heterocycles. The summed E-state index contributed by atoms with van der Waals surface area (Å²) in [5.41, 5.74) is 0.607. The summed E-state index contributed by atoms with van der Waals surface area (Å²) in [6.45, 7) is 11.4. The van der Waals surface area contributed by atoms with Gasteiger partial charge in [0.1, 0.15) is 13.2 Å². The number of amides is 4. The molecule has 0 bridgehead atoms. The summed E-state index contributed by atoms with van der Waals surface area (Å²) in [5.74, 6) is -0.988. The van der Waals surface area contributed by atoms with E-state index in [1.165, 1.54) is 0 Å². The summed E-state index contributed by atoms with van der Waals surface area (Å²) in [6.07, 6.45) is 1.35.